The smallest absolute Gasteiger partial charge is 0.338 e. The van der Waals surface area contributed by atoms with Crippen LogP contribution in [-0.4, -0.2) is 17.4 Å². The summed E-state index contributed by atoms with van der Waals surface area (Å²) in [6, 6.07) is 4.84. The number of nitrogens with two attached hydrogens (primary N) is 1. The Kier molecular flexibility index (Phi) is 3.62. The van der Waals surface area contributed by atoms with Gasteiger partial charge in [0.25, 0.3) is 0 Å². The van der Waals surface area contributed by atoms with E-state index in [9.17, 15) is 9.59 Å². The Balaban J connectivity index is 3.11. The molecule has 0 spiro atoms. The number of anilines is 1. The molecular formula is C11H11NO3. The van der Waals surface area contributed by atoms with Gasteiger partial charge in [-0.25, -0.2) is 4.79 Å². The number of rotatable bonds is 4. The second-order valence-electron chi connectivity index (χ2n) is 2.92. The first-order valence-electron chi connectivity index (χ1n) is 4.38. The van der Waals surface area contributed by atoms with Crippen LogP contribution in [0, 0.1) is 0 Å². The fraction of sp³-hybridized carbons (Fsp3) is 0.0909. The number of hydrogen-bond acceptors (Lipinski definition) is 3. The Hall–Kier alpha value is -2.10. The molecule has 0 heterocycles. The molecule has 0 bridgehead atoms. The number of carbonyl (C=O) groups is 2. The number of carbonyl (C=O) groups excluding carboxylic acids is 1. The summed E-state index contributed by atoms with van der Waals surface area (Å²) in [6.45, 7) is 0. The quantitative estimate of drug-likeness (QED) is 0.577. The van der Waals surface area contributed by atoms with Crippen LogP contribution in [0.3, 0.4) is 0 Å². The molecule has 0 fully saturated rings. The lowest BCUT2D eigenvalue weighted by Crippen LogP contribution is -2.04. The van der Waals surface area contributed by atoms with Crippen molar-refractivity contribution in [2.75, 3.05) is 5.73 Å². The SMILES string of the molecule is Nc1cccc(C=CCC=O)c1C(=O)O. The summed E-state index contributed by atoms with van der Waals surface area (Å²) in [5.74, 6) is -1.07. The van der Waals surface area contributed by atoms with Crippen molar-refractivity contribution in [2.24, 2.45) is 0 Å². The molecule has 0 amide bonds. The first kappa shape index (κ1) is 11.0. The maximum absolute atomic E-state index is 10.9. The molecule has 0 aliphatic heterocycles. The Morgan fingerprint density at radius 2 is 2.20 bits per heavy atom. The molecule has 4 nitrogen and oxygen atoms in total. The van der Waals surface area contributed by atoms with E-state index in [0.717, 1.165) is 6.29 Å². The molecule has 15 heavy (non-hydrogen) atoms. The maximum Gasteiger partial charge on any atom is 0.338 e. The molecule has 0 saturated heterocycles. The highest BCUT2D eigenvalue weighted by Gasteiger charge is 2.10. The van der Waals surface area contributed by atoms with Crippen molar-refractivity contribution in [1.29, 1.82) is 0 Å². The predicted octanol–water partition coefficient (Wildman–Crippen LogP) is 1.57. The number of allylic oxidation sites excluding steroid dienone is 1. The first-order valence-corrected chi connectivity index (χ1v) is 4.38. The molecule has 0 aliphatic carbocycles. The van der Waals surface area contributed by atoms with Gasteiger partial charge in [-0.15, -0.1) is 0 Å². The largest absolute Gasteiger partial charge is 0.478 e. The minimum Gasteiger partial charge on any atom is -0.478 e. The first-order chi connectivity index (χ1) is 7.16. The molecule has 0 saturated carbocycles. The van der Waals surface area contributed by atoms with E-state index in [4.69, 9.17) is 10.8 Å². The van der Waals surface area contributed by atoms with Gasteiger partial charge in [-0.05, 0) is 11.6 Å². The van der Waals surface area contributed by atoms with Crippen LogP contribution in [0.4, 0.5) is 5.69 Å². The van der Waals surface area contributed by atoms with E-state index in [1.54, 1.807) is 24.3 Å². The molecule has 1 aromatic rings. The highest BCUT2D eigenvalue weighted by Crippen LogP contribution is 2.18. The van der Waals surface area contributed by atoms with Gasteiger partial charge in [0.2, 0.25) is 0 Å². The number of benzene rings is 1. The predicted molar refractivity (Wildman–Crippen MR) is 57.5 cm³/mol. The standard InChI is InChI=1S/C11H11NO3/c12-9-6-3-5-8(4-1-2-7-13)10(9)11(14)15/h1,3-7H,2,12H2,(H,14,15). The zero-order valence-corrected chi connectivity index (χ0v) is 8.01. The molecule has 4 heteroatoms. The van der Waals surface area contributed by atoms with Gasteiger partial charge in [-0.1, -0.05) is 24.3 Å². The summed E-state index contributed by atoms with van der Waals surface area (Å²) in [6.07, 6.45) is 4.17. The average molecular weight is 205 g/mol. The number of carboxylic acids is 1. The Bertz CT molecular complexity index is 410. The number of nitrogen functional groups attached to an aromatic ring is 1. The van der Waals surface area contributed by atoms with Crippen molar-refractivity contribution < 1.29 is 14.7 Å². The highest BCUT2D eigenvalue weighted by molar-refractivity contribution is 5.97. The van der Waals surface area contributed by atoms with Crippen LogP contribution in [0.5, 0.6) is 0 Å². The molecule has 0 radical (unpaired) electrons. The lowest BCUT2D eigenvalue weighted by molar-refractivity contribution is -0.107. The van der Waals surface area contributed by atoms with Crippen molar-refractivity contribution in [3.8, 4) is 0 Å². The summed E-state index contributed by atoms with van der Waals surface area (Å²) in [5, 5.41) is 8.92. The van der Waals surface area contributed by atoms with E-state index in [0.29, 0.717) is 5.56 Å². The van der Waals surface area contributed by atoms with Gasteiger partial charge in [-0.3, -0.25) is 0 Å². The molecule has 3 N–H and O–H groups in total. The Morgan fingerprint density at radius 3 is 2.80 bits per heavy atom. The topological polar surface area (TPSA) is 80.4 Å². The fourth-order valence-corrected chi connectivity index (χ4v) is 1.23. The minimum absolute atomic E-state index is 0.0691. The van der Waals surface area contributed by atoms with Crippen LogP contribution in [0.15, 0.2) is 24.3 Å². The summed E-state index contributed by atoms with van der Waals surface area (Å²) in [5.41, 5.74) is 6.33. The van der Waals surface area contributed by atoms with E-state index < -0.39 is 5.97 Å². The summed E-state index contributed by atoms with van der Waals surface area (Å²) < 4.78 is 0. The van der Waals surface area contributed by atoms with Crippen LogP contribution in [0.1, 0.15) is 22.3 Å². The minimum atomic E-state index is -1.07. The Labute approximate surface area is 87.0 Å². The number of carboxylic acid groups (broad SMARTS) is 1. The lowest BCUT2D eigenvalue weighted by atomic mass is 10.0. The molecule has 1 aromatic carbocycles. The third-order valence-corrected chi connectivity index (χ3v) is 1.87. The number of aldehydes is 1. The molecular weight excluding hydrogens is 194 g/mol. The van der Waals surface area contributed by atoms with Crippen LogP contribution in [0.2, 0.25) is 0 Å². The number of aromatic carboxylic acids is 1. The molecule has 0 atom stereocenters. The van der Waals surface area contributed by atoms with Crippen LogP contribution in [0.25, 0.3) is 6.08 Å². The summed E-state index contributed by atoms with van der Waals surface area (Å²) >= 11 is 0. The summed E-state index contributed by atoms with van der Waals surface area (Å²) in [7, 11) is 0. The van der Waals surface area contributed by atoms with Crippen LogP contribution in [-0.2, 0) is 4.79 Å². The normalized spacial score (nSPS) is 10.4. The second kappa shape index (κ2) is 4.95. The molecule has 0 aromatic heterocycles. The fourth-order valence-electron chi connectivity index (χ4n) is 1.23. The zero-order chi connectivity index (χ0) is 11.3. The van der Waals surface area contributed by atoms with Crippen molar-refractivity contribution in [2.45, 2.75) is 6.42 Å². The van der Waals surface area contributed by atoms with Crippen molar-refractivity contribution in [3.63, 3.8) is 0 Å². The lowest BCUT2D eigenvalue weighted by Gasteiger charge is -2.03. The van der Waals surface area contributed by atoms with E-state index in [-0.39, 0.29) is 17.7 Å². The van der Waals surface area contributed by atoms with Gasteiger partial charge in [0.05, 0.1) is 5.56 Å². The monoisotopic (exact) mass is 205 g/mol. The van der Waals surface area contributed by atoms with Gasteiger partial charge in [-0.2, -0.15) is 0 Å². The highest BCUT2D eigenvalue weighted by atomic mass is 16.4. The second-order valence-corrected chi connectivity index (χ2v) is 2.92. The van der Waals surface area contributed by atoms with E-state index in [1.165, 1.54) is 6.07 Å². The van der Waals surface area contributed by atoms with Gasteiger partial charge in [0, 0.05) is 12.1 Å². The summed E-state index contributed by atoms with van der Waals surface area (Å²) in [4.78, 5) is 21.0. The molecule has 0 unspecified atom stereocenters. The van der Waals surface area contributed by atoms with Gasteiger partial charge in [0.1, 0.15) is 6.29 Å². The van der Waals surface area contributed by atoms with Gasteiger partial charge < -0.3 is 15.6 Å². The average Bonchev–Trinajstić information content (AvgIpc) is 2.17. The third kappa shape index (κ3) is 2.67. The number of hydrogen-bond donors (Lipinski definition) is 2. The molecule has 78 valence electrons. The van der Waals surface area contributed by atoms with Gasteiger partial charge >= 0.3 is 5.97 Å². The molecule has 0 aliphatic rings. The molecule has 1 rings (SSSR count). The van der Waals surface area contributed by atoms with E-state index in [1.807, 2.05) is 0 Å². The van der Waals surface area contributed by atoms with Crippen molar-refractivity contribution in [1.82, 2.24) is 0 Å². The van der Waals surface area contributed by atoms with Crippen molar-refractivity contribution >= 4 is 24.0 Å². The Morgan fingerprint density at radius 1 is 1.47 bits per heavy atom. The van der Waals surface area contributed by atoms with Crippen molar-refractivity contribution in [3.05, 3.63) is 35.4 Å². The van der Waals surface area contributed by atoms with Crippen LogP contribution < -0.4 is 5.73 Å². The van der Waals surface area contributed by atoms with Crippen LogP contribution >= 0.6 is 0 Å². The van der Waals surface area contributed by atoms with E-state index in [2.05, 4.69) is 0 Å². The maximum atomic E-state index is 10.9. The van der Waals surface area contributed by atoms with E-state index >= 15 is 0 Å². The van der Waals surface area contributed by atoms with Gasteiger partial charge in [0.15, 0.2) is 0 Å². The zero-order valence-electron chi connectivity index (χ0n) is 8.01. The third-order valence-electron chi connectivity index (χ3n) is 1.87.